The van der Waals surface area contributed by atoms with E-state index in [2.05, 4.69) is 15.9 Å². The maximum Gasteiger partial charge on any atom is 0.340 e. The van der Waals surface area contributed by atoms with Crippen LogP contribution >= 0.6 is 15.9 Å². The Morgan fingerprint density at radius 3 is 2.68 bits per heavy atom. The maximum atomic E-state index is 13.6. The van der Waals surface area contributed by atoms with Crippen LogP contribution in [-0.4, -0.2) is 11.1 Å². The fourth-order valence-electron chi connectivity index (χ4n) is 1.60. The molecule has 0 heterocycles. The molecule has 0 amide bonds. The molecular weight excluding hydrogens is 315 g/mol. The van der Waals surface area contributed by atoms with Crippen LogP contribution in [0.25, 0.3) is 0 Å². The molecule has 98 valence electrons. The van der Waals surface area contributed by atoms with E-state index >= 15 is 0 Å². The molecule has 0 fully saturated rings. The minimum absolute atomic E-state index is 0.000556. The van der Waals surface area contributed by atoms with Crippen LogP contribution in [0.4, 0.5) is 4.39 Å². The van der Waals surface area contributed by atoms with Gasteiger partial charge < -0.3 is 9.84 Å². The molecule has 0 saturated carbocycles. The molecule has 0 aliphatic carbocycles. The van der Waals surface area contributed by atoms with Gasteiger partial charge >= 0.3 is 5.97 Å². The molecule has 3 nitrogen and oxygen atoms in total. The summed E-state index contributed by atoms with van der Waals surface area (Å²) >= 11 is 3.14. The number of aryl methyl sites for hydroxylation is 1. The lowest BCUT2D eigenvalue weighted by atomic mass is 10.2. The molecule has 1 N–H and O–H groups in total. The average Bonchev–Trinajstić information content (AvgIpc) is 2.33. The largest absolute Gasteiger partial charge is 0.478 e. The fourth-order valence-corrected chi connectivity index (χ4v) is 2.12. The third-order valence-corrected chi connectivity index (χ3v) is 3.16. The van der Waals surface area contributed by atoms with Crippen molar-refractivity contribution in [3.8, 4) is 11.5 Å². The summed E-state index contributed by atoms with van der Waals surface area (Å²) in [7, 11) is 0. The SMILES string of the molecule is Cc1ccc(F)c(Oc2cccc(Br)c2C(=O)O)c1. The number of hydrogen-bond donors (Lipinski definition) is 1. The van der Waals surface area contributed by atoms with Crippen LogP contribution in [-0.2, 0) is 0 Å². The van der Waals surface area contributed by atoms with Crippen molar-refractivity contribution < 1.29 is 19.0 Å². The van der Waals surface area contributed by atoms with Crippen LogP contribution in [0.2, 0.25) is 0 Å². The Balaban J connectivity index is 2.46. The van der Waals surface area contributed by atoms with Crippen molar-refractivity contribution in [1.29, 1.82) is 0 Å². The third-order valence-electron chi connectivity index (χ3n) is 2.50. The molecule has 5 heteroatoms. The van der Waals surface area contributed by atoms with Crippen molar-refractivity contribution >= 4 is 21.9 Å². The Bertz CT molecular complexity index is 641. The van der Waals surface area contributed by atoms with Crippen LogP contribution < -0.4 is 4.74 Å². The first-order valence-corrected chi connectivity index (χ1v) is 6.24. The van der Waals surface area contributed by atoms with Crippen molar-refractivity contribution in [3.05, 3.63) is 57.8 Å². The molecule has 0 saturated heterocycles. The van der Waals surface area contributed by atoms with Gasteiger partial charge in [0.25, 0.3) is 0 Å². The zero-order chi connectivity index (χ0) is 14.0. The quantitative estimate of drug-likeness (QED) is 0.910. The number of carboxylic acid groups (broad SMARTS) is 1. The average molecular weight is 325 g/mol. The number of carbonyl (C=O) groups is 1. The Morgan fingerprint density at radius 2 is 2.00 bits per heavy atom. The van der Waals surface area contributed by atoms with Crippen LogP contribution in [0.1, 0.15) is 15.9 Å². The Morgan fingerprint density at radius 1 is 1.26 bits per heavy atom. The molecule has 19 heavy (non-hydrogen) atoms. The molecule has 0 aliphatic rings. The van der Waals surface area contributed by atoms with Crippen LogP contribution in [0.15, 0.2) is 40.9 Å². The van der Waals surface area contributed by atoms with Crippen LogP contribution in [0, 0.1) is 12.7 Å². The second kappa shape index (κ2) is 5.40. The van der Waals surface area contributed by atoms with E-state index in [1.165, 1.54) is 18.2 Å². The van der Waals surface area contributed by atoms with Gasteiger partial charge in [0.1, 0.15) is 11.3 Å². The number of benzene rings is 2. The molecule has 0 bridgehead atoms. The van der Waals surface area contributed by atoms with Crippen molar-refractivity contribution in [1.82, 2.24) is 0 Å². The highest BCUT2D eigenvalue weighted by Crippen LogP contribution is 2.32. The number of aromatic carboxylic acids is 1. The first-order chi connectivity index (χ1) is 8.99. The molecule has 2 aromatic rings. The summed E-state index contributed by atoms with van der Waals surface area (Å²) in [6.45, 7) is 1.80. The van der Waals surface area contributed by atoms with E-state index in [9.17, 15) is 9.18 Å². The van der Waals surface area contributed by atoms with Gasteiger partial charge in [0.2, 0.25) is 0 Å². The maximum absolute atomic E-state index is 13.6. The molecule has 2 rings (SSSR count). The lowest BCUT2D eigenvalue weighted by Gasteiger charge is -2.11. The second-order valence-electron chi connectivity index (χ2n) is 3.95. The molecule has 0 spiro atoms. The molecular formula is C14H10BrFO3. The van der Waals surface area contributed by atoms with Gasteiger partial charge in [0.05, 0.1) is 0 Å². The highest BCUT2D eigenvalue weighted by Gasteiger charge is 2.17. The summed E-state index contributed by atoms with van der Waals surface area (Å²) in [6, 6.07) is 9.10. The standard InChI is InChI=1S/C14H10BrFO3/c1-8-5-6-10(16)12(7-8)19-11-4-2-3-9(15)13(11)14(17)18/h2-7H,1H3,(H,17,18). The van der Waals surface area contributed by atoms with E-state index < -0.39 is 11.8 Å². The highest BCUT2D eigenvalue weighted by molar-refractivity contribution is 9.10. The highest BCUT2D eigenvalue weighted by atomic mass is 79.9. The summed E-state index contributed by atoms with van der Waals surface area (Å²) in [5.41, 5.74) is 0.784. The first-order valence-electron chi connectivity index (χ1n) is 5.45. The summed E-state index contributed by atoms with van der Waals surface area (Å²) in [6.07, 6.45) is 0. The molecule has 2 aromatic carbocycles. The van der Waals surface area contributed by atoms with Gasteiger partial charge in [-0.05, 0) is 52.7 Å². The van der Waals surface area contributed by atoms with Crippen molar-refractivity contribution in [2.45, 2.75) is 6.92 Å². The number of rotatable bonds is 3. The molecule has 0 atom stereocenters. The normalized spacial score (nSPS) is 10.3. The van der Waals surface area contributed by atoms with Gasteiger partial charge in [0, 0.05) is 4.47 Å². The van der Waals surface area contributed by atoms with Crippen LogP contribution in [0.5, 0.6) is 11.5 Å². The summed E-state index contributed by atoms with van der Waals surface area (Å²) in [5, 5.41) is 9.14. The minimum atomic E-state index is -1.14. The second-order valence-corrected chi connectivity index (χ2v) is 4.81. The summed E-state index contributed by atoms with van der Waals surface area (Å²) < 4.78 is 19.4. The number of ether oxygens (including phenoxy) is 1. The number of halogens is 2. The van der Waals surface area contributed by atoms with Gasteiger partial charge in [-0.15, -0.1) is 0 Å². The fraction of sp³-hybridized carbons (Fsp3) is 0.0714. The molecule has 0 aromatic heterocycles. The number of carboxylic acids is 1. The molecule has 0 radical (unpaired) electrons. The minimum Gasteiger partial charge on any atom is -0.478 e. The van der Waals surface area contributed by atoms with Gasteiger partial charge in [-0.3, -0.25) is 0 Å². The summed E-state index contributed by atoms with van der Waals surface area (Å²) in [4.78, 5) is 11.2. The predicted molar refractivity (Wildman–Crippen MR) is 72.3 cm³/mol. The van der Waals surface area contributed by atoms with E-state index in [-0.39, 0.29) is 17.1 Å². The predicted octanol–water partition coefficient (Wildman–Crippen LogP) is 4.39. The third kappa shape index (κ3) is 2.93. The molecule has 0 unspecified atom stereocenters. The van der Waals surface area contributed by atoms with Crippen molar-refractivity contribution in [3.63, 3.8) is 0 Å². The zero-order valence-corrected chi connectivity index (χ0v) is 11.6. The van der Waals surface area contributed by atoms with E-state index in [1.54, 1.807) is 25.1 Å². The van der Waals surface area contributed by atoms with E-state index in [0.717, 1.165) is 5.56 Å². The number of hydrogen-bond acceptors (Lipinski definition) is 2. The Kier molecular flexibility index (Phi) is 3.85. The van der Waals surface area contributed by atoms with E-state index in [0.29, 0.717) is 4.47 Å². The Labute approximate surface area is 117 Å². The lowest BCUT2D eigenvalue weighted by molar-refractivity contribution is 0.0693. The van der Waals surface area contributed by atoms with Gasteiger partial charge in [0.15, 0.2) is 11.6 Å². The van der Waals surface area contributed by atoms with Crippen molar-refractivity contribution in [2.24, 2.45) is 0 Å². The Hall–Kier alpha value is -1.88. The van der Waals surface area contributed by atoms with Crippen molar-refractivity contribution in [2.75, 3.05) is 0 Å². The first kappa shape index (κ1) is 13.5. The van der Waals surface area contributed by atoms with E-state index in [4.69, 9.17) is 9.84 Å². The smallest absolute Gasteiger partial charge is 0.340 e. The topological polar surface area (TPSA) is 46.5 Å². The summed E-state index contributed by atoms with van der Waals surface area (Å²) in [5.74, 6) is -1.59. The zero-order valence-electron chi connectivity index (χ0n) is 9.98. The molecule has 0 aliphatic heterocycles. The van der Waals surface area contributed by atoms with Crippen LogP contribution in [0.3, 0.4) is 0 Å². The van der Waals surface area contributed by atoms with Gasteiger partial charge in [-0.2, -0.15) is 0 Å². The van der Waals surface area contributed by atoms with Gasteiger partial charge in [-0.1, -0.05) is 12.1 Å². The lowest BCUT2D eigenvalue weighted by Crippen LogP contribution is -2.02. The van der Waals surface area contributed by atoms with Gasteiger partial charge in [-0.25, -0.2) is 9.18 Å². The van der Waals surface area contributed by atoms with E-state index in [1.807, 2.05) is 0 Å². The monoisotopic (exact) mass is 324 g/mol.